The van der Waals surface area contributed by atoms with Crippen molar-refractivity contribution in [1.29, 1.82) is 0 Å². The van der Waals surface area contributed by atoms with Gasteiger partial charge in [-0.05, 0) is 55.3 Å². The molecule has 0 aliphatic carbocycles. The number of anilines is 1. The zero-order valence-corrected chi connectivity index (χ0v) is 20.0. The largest absolute Gasteiger partial charge is 0.497 e. The van der Waals surface area contributed by atoms with Gasteiger partial charge in [-0.1, -0.05) is 41.6 Å². The number of nitrogens with one attached hydrogen (secondary N) is 1. The molecule has 1 N–H and O–H groups in total. The molecule has 9 heteroatoms. The van der Waals surface area contributed by atoms with Crippen LogP contribution in [0.1, 0.15) is 16.9 Å². The van der Waals surface area contributed by atoms with Gasteiger partial charge in [0.1, 0.15) is 11.5 Å². The Balaban J connectivity index is 1.56. The molecule has 0 unspecified atom stereocenters. The predicted molar refractivity (Wildman–Crippen MR) is 130 cm³/mol. The molecule has 170 valence electrons. The Hall–Kier alpha value is -3.23. The third-order valence-corrected chi connectivity index (χ3v) is 6.23. The first kappa shape index (κ1) is 22.9. The first-order valence-corrected chi connectivity index (χ1v) is 11.6. The van der Waals surface area contributed by atoms with Crippen molar-refractivity contribution >= 4 is 35.0 Å². The van der Waals surface area contributed by atoms with Crippen molar-refractivity contribution < 1.29 is 13.9 Å². The van der Waals surface area contributed by atoms with Crippen LogP contribution in [0.25, 0.3) is 11.4 Å². The number of benzene rings is 2. The number of thioether (sulfide) groups is 1. The summed E-state index contributed by atoms with van der Waals surface area (Å²) >= 11 is 7.63. The highest BCUT2D eigenvalue weighted by Gasteiger charge is 2.18. The summed E-state index contributed by atoms with van der Waals surface area (Å²) in [5.41, 5.74) is 3.44. The minimum atomic E-state index is -0.177. The quantitative estimate of drug-likeness (QED) is 0.329. The van der Waals surface area contributed by atoms with E-state index in [1.165, 1.54) is 11.8 Å². The van der Waals surface area contributed by atoms with E-state index in [1.54, 1.807) is 13.4 Å². The van der Waals surface area contributed by atoms with Crippen LogP contribution in [-0.4, -0.2) is 33.5 Å². The fraction of sp³-hybridized carbons (Fsp3) is 0.208. The number of carbonyl (C=O) groups is 1. The van der Waals surface area contributed by atoms with Crippen LogP contribution >= 0.6 is 23.4 Å². The number of furan rings is 1. The number of amides is 1. The summed E-state index contributed by atoms with van der Waals surface area (Å²) in [5, 5.41) is 12.8. The standard InChI is InChI=1S/C24H23ClN4O3S/c1-15-10-16(2)22(20(25)11-15)26-21(30)14-33-24-28-27-23(17-6-4-7-18(12-17)31-3)29(24)13-19-8-5-9-32-19/h4-12H,13-14H2,1-3H3,(H,26,30). The van der Waals surface area contributed by atoms with Gasteiger partial charge >= 0.3 is 0 Å². The van der Waals surface area contributed by atoms with E-state index < -0.39 is 0 Å². The zero-order chi connectivity index (χ0) is 23.4. The summed E-state index contributed by atoms with van der Waals surface area (Å²) in [4.78, 5) is 12.7. The number of methoxy groups -OCH3 is 1. The van der Waals surface area contributed by atoms with E-state index in [4.69, 9.17) is 20.8 Å². The number of carbonyl (C=O) groups excluding carboxylic acids is 1. The fourth-order valence-corrected chi connectivity index (χ4v) is 4.56. The highest BCUT2D eigenvalue weighted by atomic mass is 35.5. The van der Waals surface area contributed by atoms with Crippen molar-refractivity contribution in [2.45, 2.75) is 25.5 Å². The average Bonchev–Trinajstić information content (AvgIpc) is 3.45. The van der Waals surface area contributed by atoms with Crippen molar-refractivity contribution in [3.8, 4) is 17.1 Å². The van der Waals surface area contributed by atoms with Crippen LogP contribution in [0.5, 0.6) is 5.75 Å². The molecule has 2 aromatic carbocycles. The van der Waals surface area contributed by atoms with Gasteiger partial charge in [0.15, 0.2) is 11.0 Å². The molecular formula is C24H23ClN4O3S. The van der Waals surface area contributed by atoms with Gasteiger partial charge in [0.2, 0.25) is 5.91 Å². The van der Waals surface area contributed by atoms with Crippen molar-refractivity contribution in [2.75, 3.05) is 18.2 Å². The molecule has 2 aromatic heterocycles. The SMILES string of the molecule is COc1cccc(-c2nnc(SCC(=O)Nc3c(C)cc(C)cc3Cl)n2Cc2ccco2)c1. The molecule has 0 fully saturated rings. The van der Waals surface area contributed by atoms with Gasteiger partial charge in [-0.2, -0.15) is 0 Å². The summed E-state index contributed by atoms with van der Waals surface area (Å²) in [6.07, 6.45) is 1.62. The smallest absolute Gasteiger partial charge is 0.234 e. The third-order valence-electron chi connectivity index (χ3n) is 4.97. The molecule has 33 heavy (non-hydrogen) atoms. The molecule has 0 bridgehead atoms. The van der Waals surface area contributed by atoms with Crippen LogP contribution in [0.3, 0.4) is 0 Å². The lowest BCUT2D eigenvalue weighted by molar-refractivity contribution is -0.113. The van der Waals surface area contributed by atoms with Gasteiger partial charge < -0.3 is 14.5 Å². The van der Waals surface area contributed by atoms with Crippen molar-refractivity contribution in [1.82, 2.24) is 14.8 Å². The number of hydrogen-bond donors (Lipinski definition) is 1. The second-order valence-electron chi connectivity index (χ2n) is 7.48. The van der Waals surface area contributed by atoms with Crippen molar-refractivity contribution in [3.63, 3.8) is 0 Å². The normalized spacial score (nSPS) is 10.9. The first-order valence-electron chi connectivity index (χ1n) is 10.2. The Kier molecular flexibility index (Phi) is 7.05. The van der Waals surface area contributed by atoms with E-state index in [-0.39, 0.29) is 11.7 Å². The lowest BCUT2D eigenvalue weighted by Gasteiger charge is -2.12. The molecule has 0 saturated carbocycles. The third kappa shape index (κ3) is 5.40. The van der Waals surface area contributed by atoms with Crippen molar-refractivity contribution in [2.24, 2.45) is 0 Å². The minimum Gasteiger partial charge on any atom is -0.497 e. The molecule has 4 rings (SSSR count). The minimum absolute atomic E-state index is 0.151. The topological polar surface area (TPSA) is 82.2 Å². The Morgan fingerprint density at radius 2 is 2.03 bits per heavy atom. The molecule has 0 radical (unpaired) electrons. The lowest BCUT2D eigenvalue weighted by Crippen LogP contribution is -2.16. The van der Waals surface area contributed by atoms with Crippen LogP contribution in [0, 0.1) is 13.8 Å². The Bertz CT molecular complexity index is 1250. The van der Waals surface area contributed by atoms with Gasteiger partial charge in [0.05, 0.1) is 36.4 Å². The van der Waals surface area contributed by atoms with Gasteiger partial charge in [-0.3, -0.25) is 9.36 Å². The molecule has 2 heterocycles. The molecule has 0 aliphatic rings. The zero-order valence-electron chi connectivity index (χ0n) is 18.5. The van der Waals surface area contributed by atoms with E-state index >= 15 is 0 Å². The summed E-state index contributed by atoms with van der Waals surface area (Å²) < 4.78 is 12.8. The first-order chi connectivity index (χ1) is 15.9. The van der Waals surface area contributed by atoms with Gasteiger partial charge in [-0.25, -0.2) is 0 Å². The molecule has 0 spiro atoms. The molecule has 0 aliphatic heterocycles. The Morgan fingerprint density at radius 1 is 1.18 bits per heavy atom. The molecule has 1 amide bonds. The Labute approximate surface area is 201 Å². The number of aryl methyl sites for hydroxylation is 2. The second kappa shape index (κ2) is 10.1. The van der Waals surface area contributed by atoms with E-state index in [0.29, 0.717) is 28.2 Å². The van der Waals surface area contributed by atoms with Crippen LogP contribution in [-0.2, 0) is 11.3 Å². The number of halogens is 1. The van der Waals surface area contributed by atoms with Crippen LogP contribution < -0.4 is 10.1 Å². The fourth-order valence-electron chi connectivity index (χ4n) is 3.45. The van der Waals surface area contributed by atoms with Crippen LogP contribution in [0.4, 0.5) is 5.69 Å². The number of rotatable bonds is 8. The molecule has 7 nitrogen and oxygen atoms in total. The summed E-state index contributed by atoms with van der Waals surface area (Å²) in [7, 11) is 1.62. The number of hydrogen-bond acceptors (Lipinski definition) is 6. The molecular weight excluding hydrogens is 460 g/mol. The summed E-state index contributed by atoms with van der Waals surface area (Å²) in [6.45, 7) is 4.31. The highest BCUT2D eigenvalue weighted by Crippen LogP contribution is 2.29. The average molecular weight is 483 g/mol. The monoisotopic (exact) mass is 482 g/mol. The van der Waals surface area contributed by atoms with Gasteiger partial charge in [-0.15, -0.1) is 10.2 Å². The number of nitrogens with zero attached hydrogens (tertiary/aromatic N) is 3. The van der Waals surface area contributed by atoms with Crippen LogP contribution in [0.15, 0.2) is 64.4 Å². The van der Waals surface area contributed by atoms with Gasteiger partial charge in [0.25, 0.3) is 0 Å². The summed E-state index contributed by atoms with van der Waals surface area (Å²) in [5.74, 6) is 2.11. The molecule has 4 aromatic rings. The maximum atomic E-state index is 12.7. The maximum absolute atomic E-state index is 12.7. The molecule has 0 atom stereocenters. The predicted octanol–water partition coefficient (Wildman–Crippen LogP) is 5.60. The van der Waals surface area contributed by atoms with E-state index in [9.17, 15) is 4.79 Å². The number of aromatic nitrogens is 3. The van der Waals surface area contributed by atoms with E-state index in [1.807, 2.05) is 66.9 Å². The lowest BCUT2D eigenvalue weighted by atomic mass is 10.1. The highest BCUT2D eigenvalue weighted by molar-refractivity contribution is 7.99. The Morgan fingerprint density at radius 3 is 2.76 bits per heavy atom. The van der Waals surface area contributed by atoms with E-state index in [2.05, 4.69) is 15.5 Å². The maximum Gasteiger partial charge on any atom is 0.234 e. The van der Waals surface area contributed by atoms with Gasteiger partial charge in [0, 0.05) is 5.56 Å². The molecule has 0 saturated heterocycles. The van der Waals surface area contributed by atoms with Crippen molar-refractivity contribution in [3.05, 3.63) is 76.7 Å². The van der Waals surface area contributed by atoms with Crippen LogP contribution in [0.2, 0.25) is 5.02 Å². The van der Waals surface area contributed by atoms with E-state index in [0.717, 1.165) is 28.2 Å². The number of ether oxygens (including phenoxy) is 1. The summed E-state index contributed by atoms with van der Waals surface area (Å²) in [6, 6.07) is 15.1. The second-order valence-corrected chi connectivity index (χ2v) is 8.83.